The van der Waals surface area contributed by atoms with Crippen molar-refractivity contribution in [3.8, 4) is 0 Å². The molecule has 0 saturated carbocycles. The Morgan fingerprint density at radius 1 is 1.22 bits per heavy atom. The first kappa shape index (κ1) is 20.8. The number of amides is 2. The second kappa shape index (κ2) is 9.42. The molecule has 0 aromatic heterocycles. The summed E-state index contributed by atoms with van der Waals surface area (Å²) in [5.74, 6) is -0.866. The van der Waals surface area contributed by atoms with Crippen LogP contribution in [0.1, 0.15) is 23.7 Å². The van der Waals surface area contributed by atoms with E-state index in [1.54, 1.807) is 19.1 Å². The molecule has 8 nitrogen and oxygen atoms in total. The molecular formula is C17H14ClIN4O4. The number of nitrogens with one attached hydrogen (secondary N) is 2. The smallest absolute Gasteiger partial charge is 0.287 e. The Labute approximate surface area is 173 Å². The summed E-state index contributed by atoms with van der Waals surface area (Å²) in [4.78, 5) is 34.1. The van der Waals surface area contributed by atoms with Gasteiger partial charge in [-0.25, -0.2) is 5.43 Å². The Bertz CT molecular complexity index is 916. The van der Waals surface area contributed by atoms with E-state index in [1.165, 1.54) is 12.1 Å². The fourth-order valence-electron chi connectivity index (χ4n) is 2.02. The zero-order valence-electron chi connectivity index (χ0n) is 14.0. The van der Waals surface area contributed by atoms with Crippen molar-refractivity contribution < 1.29 is 14.5 Å². The summed E-state index contributed by atoms with van der Waals surface area (Å²) >= 11 is 7.94. The van der Waals surface area contributed by atoms with Crippen LogP contribution >= 0.6 is 34.2 Å². The summed E-state index contributed by atoms with van der Waals surface area (Å²) in [6.45, 7) is 1.59. The third-order valence-electron chi connectivity index (χ3n) is 3.30. The van der Waals surface area contributed by atoms with Crippen molar-refractivity contribution in [3.05, 3.63) is 66.7 Å². The molecule has 0 heterocycles. The van der Waals surface area contributed by atoms with Crippen LogP contribution in [0.4, 0.5) is 11.4 Å². The lowest BCUT2D eigenvalue weighted by Gasteiger charge is -2.06. The molecular weight excluding hydrogens is 487 g/mol. The second-order valence-electron chi connectivity index (χ2n) is 5.44. The predicted octanol–water partition coefficient (Wildman–Crippen LogP) is 3.99. The number of nitro groups is 1. The molecule has 2 aromatic carbocycles. The first-order chi connectivity index (χ1) is 12.8. The third-order valence-corrected chi connectivity index (χ3v) is 4.32. The highest BCUT2D eigenvalue weighted by atomic mass is 127. The van der Waals surface area contributed by atoms with Crippen molar-refractivity contribution >= 4 is 63.1 Å². The number of anilines is 1. The van der Waals surface area contributed by atoms with E-state index in [4.69, 9.17) is 11.6 Å². The zero-order chi connectivity index (χ0) is 20.0. The van der Waals surface area contributed by atoms with Gasteiger partial charge >= 0.3 is 0 Å². The minimum absolute atomic E-state index is 0.00666. The van der Waals surface area contributed by atoms with Crippen LogP contribution in [-0.2, 0) is 4.79 Å². The number of nitrogens with zero attached hydrogens (tertiary/aromatic N) is 2. The van der Waals surface area contributed by atoms with Gasteiger partial charge in [-0.2, -0.15) is 5.10 Å². The van der Waals surface area contributed by atoms with Gasteiger partial charge in [0.25, 0.3) is 11.6 Å². The second-order valence-corrected chi connectivity index (χ2v) is 7.10. The summed E-state index contributed by atoms with van der Waals surface area (Å²) in [5, 5.41) is 17.2. The first-order valence-electron chi connectivity index (χ1n) is 7.59. The summed E-state index contributed by atoms with van der Waals surface area (Å²) in [6, 6.07) is 10.9. The van der Waals surface area contributed by atoms with Crippen LogP contribution in [0.25, 0.3) is 0 Å². The van der Waals surface area contributed by atoms with E-state index in [2.05, 4.69) is 38.4 Å². The molecule has 2 N–H and O–H groups in total. The molecule has 140 valence electrons. The number of rotatable bonds is 6. The monoisotopic (exact) mass is 500 g/mol. The van der Waals surface area contributed by atoms with Gasteiger partial charge in [-0.15, -0.1) is 0 Å². The van der Waals surface area contributed by atoms with Crippen LogP contribution in [0.3, 0.4) is 0 Å². The van der Waals surface area contributed by atoms with Crippen molar-refractivity contribution in [2.45, 2.75) is 13.3 Å². The molecule has 0 saturated heterocycles. The minimum atomic E-state index is -0.640. The van der Waals surface area contributed by atoms with Gasteiger partial charge in [0, 0.05) is 26.6 Å². The highest BCUT2D eigenvalue weighted by Crippen LogP contribution is 2.24. The quantitative estimate of drug-likeness (QED) is 0.270. The topological polar surface area (TPSA) is 114 Å². The SMILES string of the molecule is CC(CC(=O)Nc1ccc(I)cc1)=NNC(=O)c1ccc([N+](=O)[O-])c(Cl)c1. The van der Waals surface area contributed by atoms with E-state index in [-0.39, 0.29) is 28.6 Å². The Balaban J connectivity index is 1.93. The lowest BCUT2D eigenvalue weighted by atomic mass is 10.2. The van der Waals surface area contributed by atoms with Crippen molar-refractivity contribution in [2.24, 2.45) is 5.10 Å². The van der Waals surface area contributed by atoms with Crippen LogP contribution in [0.2, 0.25) is 5.02 Å². The summed E-state index contributed by atoms with van der Waals surface area (Å²) in [6.07, 6.45) is -0.00666. The van der Waals surface area contributed by atoms with Gasteiger partial charge in [0.2, 0.25) is 5.91 Å². The fourth-order valence-corrected chi connectivity index (χ4v) is 2.63. The van der Waals surface area contributed by atoms with Crippen LogP contribution in [0, 0.1) is 13.7 Å². The lowest BCUT2D eigenvalue weighted by molar-refractivity contribution is -0.384. The van der Waals surface area contributed by atoms with Crippen LogP contribution in [-0.4, -0.2) is 22.4 Å². The molecule has 10 heteroatoms. The predicted molar refractivity (Wildman–Crippen MR) is 111 cm³/mol. The number of carbonyl (C=O) groups excluding carboxylic acids is 2. The van der Waals surface area contributed by atoms with Gasteiger partial charge in [0.15, 0.2) is 0 Å². The number of benzene rings is 2. The molecule has 0 spiro atoms. The van der Waals surface area contributed by atoms with Crippen molar-refractivity contribution in [3.63, 3.8) is 0 Å². The van der Waals surface area contributed by atoms with Crippen molar-refractivity contribution in [1.82, 2.24) is 5.43 Å². The third kappa shape index (κ3) is 6.29. The standard InChI is InChI=1S/C17H14ClIN4O4/c1-10(8-16(24)20-13-5-3-12(19)4-6-13)21-22-17(25)11-2-7-15(23(26)27)14(18)9-11/h2-7,9H,8H2,1H3,(H,20,24)(H,22,25). The van der Waals surface area contributed by atoms with Gasteiger partial charge in [-0.05, 0) is 65.9 Å². The van der Waals surface area contributed by atoms with E-state index in [0.717, 1.165) is 9.64 Å². The summed E-state index contributed by atoms with van der Waals surface area (Å²) in [7, 11) is 0. The molecule has 0 aliphatic heterocycles. The summed E-state index contributed by atoms with van der Waals surface area (Å²) in [5.41, 5.74) is 3.17. The van der Waals surface area contributed by atoms with Gasteiger partial charge in [-0.1, -0.05) is 11.6 Å². The fraction of sp³-hybridized carbons (Fsp3) is 0.118. The molecule has 0 bridgehead atoms. The van der Waals surface area contributed by atoms with E-state index in [9.17, 15) is 19.7 Å². The van der Waals surface area contributed by atoms with Crippen LogP contribution in [0.15, 0.2) is 47.6 Å². The average molecular weight is 501 g/mol. The molecule has 2 amide bonds. The Kier molecular flexibility index (Phi) is 7.25. The molecule has 0 aliphatic rings. The van der Waals surface area contributed by atoms with Gasteiger partial charge < -0.3 is 5.32 Å². The van der Waals surface area contributed by atoms with Gasteiger partial charge in [0.1, 0.15) is 5.02 Å². The average Bonchev–Trinajstić information content (AvgIpc) is 2.61. The Morgan fingerprint density at radius 3 is 2.48 bits per heavy atom. The normalized spacial score (nSPS) is 11.0. The number of hydrogen-bond acceptors (Lipinski definition) is 5. The molecule has 0 unspecified atom stereocenters. The number of halogens is 2. The van der Waals surface area contributed by atoms with Crippen LogP contribution in [0.5, 0.6) is 0 Å². The number of hydrazone groups is 1. The molecule has 0 aliphatic carbocycles. The molecule has 27 heavy (non-hydrogen) atoms. The molecule has 0 atom stereocenters. The molecule has 0 fully saturated rings. The van der Waals surface area contributed by atoms with Gasteiger partial charge in [-0.3, -0.25) is 19.7 Å². The van der Waals surface area contributed by atoms with E-state index in [1.807, 2.05) is 12.1 Å². The van der Waals surface area contributed by atoms with E-state index in [0.29, 0.717) is 11.4 Å². The number of nitro benzene ring substituents is 1. The highest BCUT2D eigenvalue weighted by molar-refractivity contribution is 14.1. The molecule has 2 aromatic rings. The molecule has 2 rings (SSSR count). The first-order valence-corrected chi connectivity index (χ1v) is 9.05. The number of carbonyl (C=O) groups is 2. The maximum atomic E-state index is 12.0. The van der Waals surface area contributed by atoms with Crippen LogP contribution < -0.4 is 10.7 Å². The maximum absolute atomic E-state index is 12.0. The zero-order valence-corrected chi connectivity index (χ0v) is 16.9. The highest BCUT2D eigenvalue weighted by Gasteiger charge is 2.15. The number of hydrogen-bond donors (Lipinski definition) is 2. The molecule has 0 radical (unpaired) electrons. The van der Waals surface area contributed by atoms with E-state index < -0.39 is 10.8 Å². The van der Waals surface area contributed by atoms with Crippen molar-refractivity contribution in [1.29, 1.82) is 0 Å². The largest absolute Gasteiger partial charge is 0.326 e. The van der Waals surface area contributed by atoms with Gasteiger partial charge in [0.05, 0.1) is 11.3 Å². The Hall–Kier alpha value is -2.53. The van der Waals surface area contributed by atoms with E-state index >= 15 is 0 Å². The lowest BCUT2D eigenvalue weighted by Crippen LogP contribution is -2.21. The maximum Gasteiger partial charge on any atom is 0.287 e. The van der Waals surface area contributed by atoms with Crippen molar-refractivity contribution in [2.75, 3.05) is 5.32 Å². The minimum Gasteiger partial charge on any atom is -0.326 e. The summed E-state index contributed by atoms with van der Waals surface area (Å²) < 4.78 is 1.05. The Morgan fingerprint density at radius 2 is 1.89 bits per heavy atom.